The monoisotopic (exact) mass is 448 g/mol. The van der Waals surface area contributed by atoms with Crippen molar-refractivity contribution in [3.8, 4) is 0 Å². The van der Waals surface area contributed by atoms with Crippen molar-refractivity contribution < 1.29 is 18.0 Å². The fraction of sp³-hybridized carbons (Fsp3) is 0.450. The topological polar surface area (TPSA) is 136 Å². The van der Waals surface area contributed by atoms with Crippen LogP contribution >= 0.6 is 0 Å². The van der Waals surface area contributed by atoms with Crippen LogP contribution in [-0.4, -0.2) is 39.5 Å². The zero-order chi connectivity index (χ0) is 22.6. The van der Waals surface area contributed by atoms with Crippen LogP contribution < -0.4 is 16.0 Å². The lowest BCUT2D eigenvalue weighted by atomic mass is 10.2. The molecule has 0 saturated heterocycles. The van der Waals surface area contributed by atoms with E-state index in [9.17, 15) is 23.1 Å². The van der Waals surface area contributed by atoms with Crippen LogP contribution in [0.15, 0.2) is 43.3 Å². The minimum atomic E-state index is -3.84. The summed E-state index contributed by atoms with van der Waals surface area (Å²) < 4.78 is 35.6. The summed E-state index contributed by atoms with van der Waals surface area (Å²) in [4.78, 5) is 26.2. The highest BCUT2D eigenvalue weighted by Gasteiger charge is 2.41. The van der Waals surface area contributed by atoms with Crippen molar-refractivity contribution in [3.63, 3.8) is 0 Å². The number of aliphatic hydroxyl groups is 1. The summed E-state index contributed by atoms with van der Waals surface area (Å²) in [5, 5.41) is 13.7. The summed E-state index contributed by atoms with van der Waals surface area (Å²) in [6, 6.07) is 5.66. The molecule has 166 valence electrons. The molecule has 1 fully saturated rings. The Kier molecular flexibility index (Phi) is 5.15. The Labute approximate surface area is 178 Å². The van der Waals surface area contributed by atoms with Crippen LogP contribution in [0.5, 0.6) is 0 Å². The molecule has 2 aromatic heterocycles. The molecule has 1 atom stereocenters. The molecule has 2 N–H and O–H groups in total. The number of fused-ring (bicyclic) bond motifs is 1. The quantitative estimate of drug-likeness (QED) is 0.543. The van der Waals surface area contributed by atoms with E-state index in [4.69, 9.17) is 4.52 Å². The van der Waals surface area contributed by atoms with Crippen LogP contribution in [0.2, 0.25) is 0 Å². The summed E-state index contributed by atoms with van der Waals surface area (Å²) in [5.41, 5.74) is -0.903. The Hall–Kier alpha value is -2.76. The Morgan fingerprint density at radius 1 is 1.26 bits per heavy atom. The highest BCUT2D eigenvalue weighted by atomic mass is 32.2. The van der Waals surface area contributed by atoms with Gasteiger partial charge in [-0.25, -0.2) is 17.9 Å². The maximum absolute atomic E-state index is 13.2. The van der Waals surface area contributed by atoms with Crippen LogP contribution in [0.3, 0.4) is 0 Å². The maximum atomic E-state index is 13.2. The maximum Gasteiger partial charge on any atom is 0.331 e. The smallest absolute Gasteiger partial charge is 0.331 e. The number of aliphatic hydroxyl groups excluding tert-OH is 1. The SMILES string of the molecule is Cc1cc(Cn2c(=O)c3cc(S(=O)(=O)NC4(C)CC4)ccc3n(CC(C)O)c2=O)on1. The fourth-order valence-corrected chi connectivity index (χ4v) is 4.96. The van der Waals surface area contributed by atoms with Gasteiger partial charge in [-0.3, -0.25) is 13.9 Å². The van der Waals surface area contributed by atoms with Gasteiger partial charge in [0.05, 0.1) is 40.7 Å². The number of rotatable bonds is 7. The second kappa shape index (κ2) is 7.43. The second-order valence-corrected chi connectivity index (χ2v) is 10.1. The van der Waals surface area contributed by atoms with Gasteiger partial charge in [0.2, 0.25) is 10.0 Å². The van der Waals surface area contributed by atoms with Gasteiger partial charge in [-0.05, 0) is 51.8 Å². The summed E-state index contributed by atoms with van der Waals surface area (Å²) in [6.07, 6.45) is 0.633. The third kappa shape index (κ3) is 4.21. The van der Waals surface area contributed by atoms with Crippen molar-refractivity contribution in [1.29, 1.82) is 0 Å². The summed E-state index contributed by atoms with van der Waals surface area (Å²) in [6.45, 7) is 4.83. The van der Waals surface area contributed by atoms with E-state index in [0.29, 0.717) is 11.5 Å². The molecule has 4 rings (SSSR count). The van der Waals surface area contributed by atoms with Gasteiger partial charge < -0.3 is 9.63 Å². The predicted octanol–water partition coefficient (Wildman–Crippen LogP) is 0.720. The zero-order valence-electron chi connectivity index (χ0n) is 17.5. The van der Waals surface area contributed by atoms with Crippen molar-refractivity contribution in [3.05, 3.63) is 56.6 Å². The van der Waals surface area contributed by atoms with E-state index in [2.05, 4.69) is 9.88 Å². The van der Waals surface area contributed by atoms with Crippen molar-refractivity contribution in [1.82, 2.24) is 19.0 Å². The van der Waals surface area contributed by atoms with Gasteiger partial charge in [0.15, 0.2) is 5.76 Å². The molecule has 0 aliphatic heterocycles. The molecule has 1 aliphatic carbocycles. The highest BCUT2D eigenvalue weighted by Crippen LogP contribution is 2.36. The molecule has 0 spiro atoms. The molecule has 0 amide bonds. The first kappa shape index (κ1) is 21.5. The average Bonchev–Trinajstić information content (AvgIpc) is 3.25. The minimum absolute atomic E-state index is 0.0558. The van der Waals surface area contributed by atoms with Gasteiger partial charge in [-0.1, -0.05) is 5.16 Å². The van der Waals surface area contributed by atoms with E-state index < -0.39 is 32.9 Å². The van der Waals surface area contributed by atoms with E-state index in [1.54, 1.807) is 13.0 Å². The average molecular weight is 449 g/mol. The van der Waals surface area contributed by atoms with E-state index in [1.807, 2.05) is 6.92 Å². The van der Waals surface area contributed by atoms with Crippen LogP contribution in [0.25, 0.3) is 10.9 Å². The summed E-state index contributed by atoms with van der Waals surface area (Å²) in [5.74, 6) is 0.312. The first-order valence-corrected chi connectivity index (χ1v) is 11.4. The van der Waals surface area contributed by atoms with Gasteiger partial charge in [0.1, 0.15) is 0 Å². The summed E-state index contributed by atoms with van der Waals surface area (Å²) in [7, 11) is -3.84. The number of sulfonamides is 1. The molecule has 1 unspecified atom stereocenters. The Balaban J connectivity index is 1.91. The Morgan fingerprint density at radius 3 is 2.55 bits per heavy atom. The van der Waals surface area contributed by atoms with Crippen LogP contribution in [0.1, 0.15) is 38.1 Å². The number of hydrogen-bond acceptors (Lipinski definition) is 7. The fourth-order valence-electron chi connectivity index (χ4n) is 3.47. The molecule has 0 radical (unpaired) electrons. The lowest BCUT2D eigenvalue weighted by Gasteiger charge is -2.16. The first-order chi connectivity index (χ1) is 14.5. The third-order valence-corrected chi connectivity index (χ3v) is 6.96. The third-order valence-electron chi connectivity index (χ3n) is 5.32. The Morgan fingerprint density at radius 2 is 1.97 bits per heavy atom. The molecule has 1 aliphatic rings. The predicted molar refractivity (Wildman–Crippen MR) is 112 cm³/mol. The molecule has 11 heteroatoms. The number of hydrogen-bond donors (Lipinski definition) is 2. The molecular formula is C20H24N4O6S. The minimum Gasteiger partial charge on any atom is -0.392 e. The van der Waals surface area contributed by atoms with Gasteiger partial charge in [0.25, 0.3) is 5.56 Å². The van der Waals surface area contributed by atoms with E-state index in [1.165, 1.54) is 29.7 Å². The standard InChI is InChI=1S/C20H24N4O6S/c1-12-8-14(30-21-12)11-24-18(26)16-9-15(31(28,29)22-20(3)6-7-20)4-5-17(16)23(19(24)27)10-13(2)25/h4-5,8-9,13,22,25H,6-7,10-11H2,1-3H3. The molecular weight excluding hydrogens is 424 g/mol. The van der Waals surface area contributed by atoms with Gasteiger partial charge >= 0.3 is 5.69 Å². The Bertz CT molecular complexity index is 1380. The largest absolute Gasteiger partial charge is 0.392 e. The van der Waals surface area contributed by atoms with Crippen LogP contribution in [0.4, 0.5) is 0 Å². The zero-order valence-corrected chi connectivity index (χ0v) is 18.3. The van der Waals surface area contributed by atoms with Gasteiger partial charge in [-0.2, -0.15) is 0 Å². The van der Waals surface area contributed by atoms with Crippen molar-refractivity contribution in [2.45, 2.75) is 63.2 Å². The van der Waals surface area contributed by atoms with Gasteiger partial charge in [-0.15, -0.1) is 0 Å². The normalized spacial score (nSPS) is 16.5. The number of nitrogens with zero attached hydrogens (tertiary/aromatic N) is 3. The molecule has 3 aromatic rings. The second-order valence-electron chi connectivity index (χ2n) is 8.41. The van der Waals surface area contributed by atoms with E-state index in [-0.39, 0.29) is 28.9 Å². The number of benzene rings is 1. The van der Waals surface area contributed by atoms with Gasteiger partial charge in [0, 0.05) is 11.6 Å². The van der Waals surface area contributed by atoms with Crippen LogP contribution in [0, 0.1) is 6.92 Å². The van der Waals surface area contributed by atoms with E-state index >= 15 is 0 Å². The highest BCUT2D eigenvalue weighted by molar-refractivity contribution is 7.89. The van der Waals surface area contributed by atoms with Crippen molar-refractivity contribution >= 4 is 20.9 Å². The lowest BCUT2D eigenvalue weighted by molar-refractivity contribution is 0.172. The molecule has 10 nitrogen and oxygen atoms in total. The number of aryl methyl sites for hydroxylation is 1. The van der Waals surface area contributed by atoms with E-state index in [0.717, 1.165) is 17.4 Å². The molecule has 1 aromatic carbocycles. The molecule has 1 saturated carbocycles. The first-order valence-electron chi connectivity index (χ1n) is 9.91. The number of aromatic nitrogens is 3. The lowest BCUT2D eigenvalue weighted by Crippen LogP contribution is -2.41. The molecule has 2 heterocycles. The van der Waals surface area contributed by atoms with Crippen LogP contribution in [-0.2, 0) is 23.1 Å². The number of nitrogens with one attached hydrogen (secondary N) is 1. The molecule has 0 bridgehead atoms. The molecule has 31 heavy (non-hydrogen) atoms. The summed E-state index contributed by atoms with van der Waals surface area (Å²) >= 11 is 0. The van der Waals surface area contributed by atoms with Crippen molar-refractivity contribution in [2.75, 3.05) is 0 Å². The van der Waals surface area contributed by atoms with Crippen molar-refractivity contribution in [2.24, 2.45) is 0 Å².